The molecule has 1 saturated heterocycles. The van der Waals surface area contributed by atoms with Crippen molar-refractivity contribution in [3.63, 3.8) is 0 Å². The molecule has 1 aromatic heterocycles. The van der Waals surface area contributed by atoms with E-state index >= 15 is 0 Å². The third-order valence-electron chi connectivity index (χ3n) is 7.44. The SMILES string of the molecule is O=C(COC(=O)c1c2c(nc3ccccc13)CCN(Cc1ccccc1)C2)Nc1ccc(N2CCOCC2)cc1. The minimum absolute atomic E-state index is 0.372. The largest absolute Gasteiger partial charge is 0.452 e. The molecule has 0 saturated carbocycles. The monoisotopic (exact) mass is 536 g/mol. The first kappa shape index (κ1) is 26.0. The molecule has 6 rings (SSSR count). The van der Waals surface area contributed by atoms with Crippen LogP contribution in [0.25, 0.3) is 10.9 Å². The molecule has 40 heavy (non-hydrogen) atoms. The molecule has 8 heteroatoms. The second-order valence-corrected chi connectivity index (χ2v) is 10.1. The van der Waals surface area contributed by atoms with Crippen LogP contribution in [-0.2, 0) is 33.8 Å². The fourth-order valence-electron chi connectivity index (χ4n) is 5.43. The molecule has 3 aromatic carbocycles. The van der Waals surface area contributed by atoms with Gasteiger partial charge in [-0.05, 0) is 35.9 Å². The number of benzene rings is 3. The van der Waals surface area contributed by atoms with Gasteiger partial charge in [-0.3, -0.25) is 14.7 Å². The fraction of sp³-hybridized carbons (Fsp3) is 0.281. The minimum Gasteiger partial charge on any atom is -0.452 e. The zero-order chi connectivity index (χ0) is 27.3. The molecule has 4 aromatic rings. The van der Waals surface area contributed by atoms with Gasteiger partial charge in [0.2, 0.25) is 0 Å². The fourth-order valence-corrected chi connectivity index (χ4v) is 5.43. The zero-order valence-corrected chi connectivity index (χ0v) is 22.3. The maximum Gasteiger partial charge on any atom is 0.339 e. The van der Waals surface area contributed by atoms with Gasteiger partial charge in [-0.2, -0.15) is 0 Å². The topological polar surface area (TPSA) is 84.0 Å². The summed E-state index contributed by atoms with van der Waals surface area (Å²) in [4.78, 5) is 35.6. The first-order chi connectivity index (χ1) is 19.6. The minimum atomic E-state index is -0.505. The Morgan fingerprint density at radius 1 is 0.900 bits per heavy atom. The Labute approximate surface area is 233 Å². The molecule has 3 heterocycles. The normalized spacial score (nSPS) is 15.4. The first-order valence-electron chi connectivity index (χ1n) is 13.7. The third-order valence-corrected chi connectivity index (χ3v) is 7.44. The number of amides is 1. The molecule has 1 fully saturated rings. The third kappa shape index (κ3) is 5.83. The number of morpholine rings is 1. The van der Waals surface area contributed by atoms with Crippen molar-refractivity contribution in [3.05, 3.63) is 101 Å². The number of nitrogens with one attached hydrogen (secondary N) is 1. The quantitative estimate of drug-likeness (QED) is 0.350. The number of ether oxygens (including phenoxy) is 2. The van der Waals surface area contributed by atoms with E-state index in [9.17, 15) is 9.59 Å². The number of rotatable bonds is 7. The number of pyridine rings is 1. The van der Waals surface area contributed by atoms with Crippen LogP contribution in [0.5, 0.6) is 0 Å². The summed E-state index contributed by atoms with van der Waals surface area (Å²) in [6.45, 7) is 4.98. The number of fused-ring (bicyclic) bond motifs is 2. The van der Waals surface area contributed by atoms with E-state index in [2.05, 4.69) is 27.2 Å². The first-order valence-corrected chi connectivity index (χ1v) is 13.7. The van der Waals surface area contributed by atoms with Crippen LogP contribution in [0.15, 0.2) is 78.9 Å². The molecular formula is C32H32N4O4. The van der Waals surface area contributed by atoms with E-state index in [0.717, 1.165) is 60.4 Å². The van der Waals surface area contributed by atoms with E-state index in [0.29, 0.717) is 31.0 Å². The summed E-state index contributed by atoms with van der Waals surface area (Å²) in [5, 5.41) is 3.58. The molecule has 0 atom stereocenters. The number of hydrogen-bond donors (Lipinski definition) is 1. The van der Waals surface area contributed by atoms with Gasteiger partial charge in [0, 0.05) is 67.2 Å². The highest BCUT2D eigenvalue weighted by Crippen LogP contribution is 2.29. The maximum atomic E-state index is 13.5. The smallest absolute Gasteiger partial charge is 0.339 e. The van der Waals surface area contributed by atoms with Gasteiger partial charge in [-0.15, -0.1) is 0 Å². The van der Waals surface area contributed by atoms with Crippen LogP contribution in [0, 0.1) is 0 Å². The van der Waals surface area contributed by atoms with E-state index in [4.69, 9.17) is 14.5 Å². The molecule has 2 aliphatic heterocycles. The number of carbonyl (C=O) groups excluding carboxylic acids is 2. The lowest BCUT2D eigenvalue weighted by Gasteiger charge is -2.30. The second-order valence-electron chi connectivity index (χ2n) is 10.1. The molecule has 0 spiro atoms. The van der Waals surface area contributed by atoms with Crippen LogP contribution >= 0.6 is 0 Å². The lowest BCUT2D eigenvalue weighted by Crippen LogP contribution is -2.36. The molecular weight excluding hydrogens is 504 g/mol. The van der Waals surface area contributed by atoms with Crippen LogP contribution in [0.3, 0.4) is 0 Å². The average molecular weight is 537 g/mol. The van der Waals surface area contributed by atoms with Crippen molar-refractivity contribution in [2.75, 3.05) is 49.7 Å². The summed E-state index contributed by atoms with van der Waals surface area (Å²) in [5.41, 5.74) is 6.02. The van der Waals surface area contributed by atoms with Gasteiger partial charge in [0.1, 0.15) is 0 Å². The predicted octanol–water partition coefficient (Wildman–Crippen LogP) is 4.43. The van der Waals surface area contributed by atoms with Crippen LogP contribution in [0.1, 0.15) is 27.2 Å². The Kier molecular flexibility index (Phi) is 7.70. The number of aromatic nitrogens is 1. The molecule has 0 aliphatic carbocycles. The van der Waals surface area contributed by atoms with E-state index in [1.807, 2.05) is 66.7 Å². The van der Waals surface area contributed by atoms with Gasteiger partial charge in [0.25, 0.3) is 5.91 Å². The van der Waals surface area contributed by atoms with Gasteiger partial charge < -0.3 is 19.7 Å². The van der Waals surface area contributed by atoms with Crippen molar-refractivity contribution < 1.29 is 19.1 Å². The van der Waals surface area contributed by atoms with Crippen LogP contribution in [0.4, 0.5) is 11.4 Å². The summed E-state index contributed by atoms with van der Waals surface area (Å²) >= 11 is 0. The van der Waals surface area contributed by atoms with Gasteiger partial charge in [-0.25, -0.2) is 4.79 Å². The Balaban J connectivity index is 1.15. The number of carbonyl (C=O) groups is 2. The van der Waals surface area contributed by atoms with Crippen LogP contribution in [0.2, 0.25) is 0 Å². The lowest BCUT2D eigenvalue weighted by atomic mass is 9.95. The summed E-state index contributed by atoms with van der Waals surface area (Å²) in [6.07, 6.45) is 0.744. The predicted molar refractivity (Wildman–Crippen MR) is 154 cm³/mol. The van der Waals surface area contributed by atoms with Gasteiger partial charge >= 0.3 is 5.97 Å². The van der Waals surface area contributed by atoms with Crippen molar-refractivity contribution in [3.8, 4) is 0 Å². The van der Waals surface area contributed by atoms with Crippen molar-refractivity contribution in [1.29, 1.82) is 0 Å². The number of para-hydroxylation sites is 1. The van der Waals surface area contributed by atoms with E-state index in [1.165, 1.54) is 5.56 Å². The molecule has 2 aliphatic rings. The van der Waals surface area contributed by atoms with Gasteiger partial charge in [0.15, 0.2) is 6.61 Å². The summed E-state index contributed by atoms with van der Waals surface area (Å²) in [7, 11) is 0. The standard InChI is InChI=1S/C32H32N4O4/c37-30(33-24-10-12-25(13-11-24)36-16-18-39-19-17-36)22-40-32(38)31-26-8-4-5-9-28(26)34-29-14-15-35(21-27(29)31)20-23-6-2-1-3-7-23/h1-13H,14-22H2,(H,33,37). The highest BCUT2D eigenvalue weighted by molar-refractivity contribution is 6.06. The van der Waals surface area contributed by atoms with Gasteiger partial charge in [0.05, 0.1) is 24.3 Å². The molecule has 204 valence electrons. The highest BCUT2D eigenvalue weighted by Gasteiger charge is 2.27. The molecule has 1 amide bonds. The summed E-state index contributed by atoms with van der Waals surface area (Å²) in [5.74, 6) is -0.889. The average Bonchev–Trinajstić information content (AvgIpc) is 3.00. The second kappa shape index (κ2) is 11.9. The Hall–Kier alpha value is -4.27. The Bertz CT molecular complexity index is 1500. The van der Waals surface area contributed by atoms with Crippen molar-refractivity contribution >= 4 is 34.2 Å². The Morgan fingerprint density at radius 3 is 2.45 bits per heavy atom. The molecule has 0 bridgehead atoms. The van der Waals surface area contributed by atoms with Crippen LogP contribution < -0.4 is 10.2 Å². The number of anilines is 2. The molecule has 0 unspecified atom stereocenters. The molecule has 8 nitrogen and oxygen atoms in total. The lowest BCUT2D eigenvalue weighted by molar-refractivity contribution is -0.119. The maximum absolute atomic E-state index is 13.5. The van der Waals surface area contributed by atoms with E-state index < -0.39 is 5.97 Å². The number of esters is 1. The summed E-state index contributed by atoms with van der Waals surface area (Å²) in [6, 6.07) is 25.6. The van der Waals surface area contributed by atoms with E-state index in [1.54, 1.807) is 0 Å². The zero-order valence-electron chi connectivity index (χ0n) is 22.3. The number of nitrogens with zero attached hydrogens (tertiary/aromatic N) is 3. The number of hydrogen-bond acceptors (Lipinski definition) is 7. The highest BCUT2D eigenvalue weighted by atomic mass is 16.5. The van der Waals surface area contributed by atoms with E-state index in [-0.39, 0.29) is 12.5 Å². The summed E-state index contributed by atoms with van der Waals surface area (Å²) < 4.78 is 11.0. The van der Waals surface area contributed by atoms with Gasteiger partial charge in [-0.1, -0.05) is 48.5 Å². The van der Waals surface area contributed by atoms with Crippen molar-refractivity contribution in [2.45, 2.75) is 19.5 Å². The molecule has 0 radical (unpaired) electrons. The Morgan fingerprint density at radius 2 is 1.65 bits per heavy atom. The van der Waals surface area contributed by atoms with Crippen molar-refractivity contribution in [2.24, 2.45) is 0 Å². The van der Waals surface area contributed by atoms with Crippen LogP contribution in [-0.4, -0.2) is 61.2 Å². The van der Waals surface area contributed by atoms with Crippen molar-refractivity contribution in [1.82, 2.24) is 9.88 Å². The molecule has 1 N–H and O–H groups in total.